The molecule has 1 fully saturated rings. The average molecular weight is 228 g/mol. The summed E-state index contributed by atoms with van der Waals surface area (Å²) in [4.78, 5) is 24.6. The second-order valence-corrected chi connectivity index (χ2v) is 4.96. The Kier molecular flexibility index (Phi) is 3.91. The van der Waals surface area contributed by atoms with E-state index < -0.39 is 11.5 Å². The number of rotatable bonds is 4. The zero-order valence-corrected chi connectivity index (χ0v) is 10.1. The lowest BCUT2D eigenvalue weighted by Gasteiger charge is -2.24. The Morgan fingerprint density at radius 1 is 1.50 bits per heavy atom. The fraction of sp³-hybridized carbons (Fsp3) is 0.818. The number of hydrogen-bond donors (Lipinski definition) is 2. The third-order valence-electron chi connectivity index (χ3n) is 3.08. The average Bonchev–Trinajstić information content (AvgIpc) is 2.50. The van der Waals surface area contributed by atoms with Crippen LogP contribution in [0.1, 0.15) is 33.1 Å². The molecule has 0 saturated carbocycles. The summed E-state index contributed by atoms with van der Waals surface area (Å²) >= 11 is 0. The van der Waals surface area contributed by atoms with Crippen molar-refractivity contribution in [2.45, 2.75) is 44.7 Å². The highest BCUT2D eigenvalue weighted by Gasteiger charge is 2.31. The van der Waals surface area contributed by atoms with E-state index in [2.05, 4.69) is 10.2 Å². The van der Waals surface area contributed by atoms with E-state index in [9.17, 15) is 9.59 Å². The number of nitrogens with one attached hydrogen (secondary N) is 1. The van der Waals surface area contributed by atoms with Crippen molar-refractivity contribution in [3.63, 3.8) is 0 Å². The fourth-order valence-corrected chi connectivity index (χ4v) is 1.90. The van der Waals surface area contributed by atoms with Gasteiger partial charge < -0.3 is 15.3 Å². The van der Waals surface area contributed by atoms with Crippen LogP contribution in [0.25, 0.3) is 0 Å². The predicted octanol–water partition coefficient (Wildman–Crippen LogP) is 0.450. The zero-order valence-electron chi connectivity index (χ0n) is 10.1. The van der Waals surface area contributed by atoms with Crippen molar-refractivity contribution >= 4 is 11.9 Å². The number of carbonyl (C=O) groups is 2. The van der Waals surface area contributed by atoms with Gasteiger partial charge in [-0.15, -0.1) is 0 Å². The second-order valence-electron chi connectivity index (χ2n) is 4.96. The van der Waals surface area contributed by atoms with Crippen LogP contribution < -0.4 is 5.32 Å². The van der Waals surface area contributed by atoms with Crippen LogP contribution in [0.15, 0.2) is 0 Å². The molecule has 0 radical (unpaired) electrons. The van der Waals surface area contributed by atoms with Crippen LogP contribution in [0.4, 0.5) is 0 Å². The van der Waals surface area contributed by atoms with Crippen LogP contribution >= 0.6 is 0 Å². The summed E-state index contributed by atoms with van der Waals surface area (Å²) in [5.74, 6) is -1.20. The highest BCUT2D eigenvalue weighted by atomic mass is 16.4. The van der Waals surface area contributed by atoms with Gasteiger partial charge in [-0.2, -0.15) is 0 Å². The lowest BCUT2D eigenvalue weighted by molar-refractivity contribution is -0.146. The minimum atomic E-state index is -1.19. The first-order chi connectivity index (χ1) is 7.33. The molecule has 5 heteroatoms. The van der Waals surface area contributed by atoms with E-state index in [4.69, 9.17) is 5.11 Å². The molecule has 0 bridgehead atoms. The summed E-state index contributed by atoms with van der Waals surface area (Å²) in [5.41, 5.74) is -1.19. The van der Waals surface area contributed by atoms with Gasteiger partial charge in [-0.05, 0) is 40.3 Å². The maximum Gasteiger partial charge on any atom is 0.328 e. The fourth-order valence-electron chi connectivity index (χ4n) is 1.90. The van der Waals surface area contributed by atoms with Gasteiger partial charge in [0.15, 0.2) is 0 Å². The number of carboxylic acid groups (broad SMARTS) is 1. The molecule has 0 aromatic heterocycles. The third kappa shape index (κ3) is 3.20. The molecule has 16 heavy (non-hydrogen) atoms. The van der Waals surface area contributed by atoms with E-state index in [-0.39, 0.29) is 11.9 Å². The van der Waals surface area contributed by atoms with Crippen LogP contribution in [-0.4, -0.2) is 47.1 Å². The molecule has 0 unspecified atom stereocenters. The van der Waals surface area contributed by atoms with Gasteiger partial charge in [-0.3, -0.25) is 4.79 Å². The molecular weight excluding hydrogens is 208 g/mol. The topological polar surface area (TPSA) is 69.6 Å². The number of amides is 1. The molecule has 1 heterocycles. The Balaban J connectivity index is 2.44. The minimum Gasteiger partial charge on any atom is -0.480 e. The molecular formula is C11H20N2O3. The normalized spacial score (nSPS) is 22.1. The molecule has 1 atom stereocenters. The summed E-state index contributed by atoms with van der Waals surface area (Å²) in [7, 11) is 1.99. The van der Waals surface area contributed by atoms with Crippen molar-refractivity contribution < 1.29 is 14.7 Å². The standard InChI is InChI=1S/C11H20N2O3/c1-11(2,10(15)16)12-9(14)7-8-5-4-6-13(8)3/h8H,4-7H2,1-3H3,(H,12,14)(H,15,16)/t8-/m0/s1. The van der Waals surface area contributed by atoms with Crippen LogP contribution in [-0.2, 0) is 9.59 Å². The molecule has 92 valence electrons. The zero-order chi connectivity index (χ0) is 12.3. The van der Waals surface area contributed by atoms with Crippen molar-refractivity contribution in [1.29, 1.82) is 0 Å². The Morgan fingerprint density at radius 3 is 2.56 bits per heavy atom. The van der Waals surface area contributed by atoms with E-state index in [0.717, 1.165) is 19.4 Å². The molecule has 1 aliphatic heterocycles. The number of nitrogens with zero attached hydrogens (tertiary/aromatic N) is 1. The van der Waals surface area contributed by atoms with Crippen molar-refractivity contribution in [1.82, 2.24) is 10.2 Å². The predicted molar refractivity (Wildman–Crippen MR) is 60.1 cm³/mol. The summed E-state index contributed by atoms with van der Waals surface area (Å²) in [6.45, 7) is 4.00. The summed E-state index contributed by atoms with van der Waals surface area (Å²) in [6, 6.07) is 0.254. The van der Waals surface area contributed by atoms with Gasteiger partial charge in [0.25, 0.3) is 0 Å². The maximum atomic E-state index is 11.7. The molecule has 0 aliphatic carbocycles. The molecule has 1 rings (SSSR count). The first kappa shape index (κ1) is 13.0. The number of carboxylic acids is 1. The van der Waals surface area contributed by atoms with Crippen molar-refractivity contribution in [3.05, 3.63) is 0 Å². The molecule has 5 nitrogen and oxygen atoms in total. The quantitative estimate of drug-likeness (QED) is 0.733. The van der Waals surface area contributed by atoms with Gasteiger partial charge in [0, 0.05) is 12.5 Å². The lowest BCUT2D eigenvalue weighted by Crippen LogP contribution is -2.50. The maximum absolute atomic E-state index is 11.7. The number of hydrogen-bond acceptors (Lipinski definition) is 3. The first-order valence-electron chi connectivity index (χ1n) is 5.57. The molecule has 1 saturated heterocycles. The van der Waals surface area contributed by atoms with E-state index in [1.807, 2.05) is 7.05 Å². The lowest BCUT2D eigenvalue weighted by atomic mass is 10.0. The molecule has 1 amide bonds. The van der Waals surface area contributed by atoms with E-state index >= 15 is 0 Å². The number of aliphatic carboxylic acids is 1. The Bertz CT molecular complexity index is 289. The van der Waals surface area contributed by atoms with Crippen LogP contribution in [0.3, 0.4) is 0 Å². The van der Waals surface area contributed by atoms with E-state index in [0.29, 0.717) is 6.42 Å². The molecule has 0 aromatic carbocycles. The van der Waals surface area contributed by atoms with Gasteiger partial charge in [0.05, 0.1) is 0 Å². The van der Waals surface area contributed by atoms with Crippen molar-refractivity contribution in [2.75, 3.05) is 13.6 Å². The Morgan fingerprint density at radius 2 is 2.12 bits per heavy atom. The molecule has 1 aliphatic rings. The SMILES string of the molecule is CN1CCC[C@H]1CC(=O)NC(C)(C)C(=O)O. The van der Waals surface area contributed by atoms with Gasteiger partial charge in [-0.1, -0.05) is 0 Å². The van der Waals surface area contributed by atoms with Gasteiger partial charge in [0.1, 0.15) is 5.54 Å². The van der Waals surface area contributed by atoms with Crippen LogP contribution in [0.5, 0.6) is 0 Å². The Labute approximate surface area is 95.8 Å². The van der Waals surface area contributed by atoms with Crippen LogP contribution in [0, 0.1) is 0 Å². The molecule has 0 aromatic rings. The van der Waals surface area contributed by atoms with E-state index in [1.165, 1.54) is 13.8 Å². The van der Waals surface area contributed by atoms with Gasteiger partial charge in [-0.25, -0.2) is 4.79 Å². The molecule has 2 N–H and O–H groups in total. The number of likely N-dealkylation sites (tertiary alicyclic amines) is 1. The minimum absolute atomic E-state index is 0.189. The van der Waals surface area contributed by atoms with Crippen LogP contribution in [0.2, 0.25) is 0 Å². The van der Waals surface area contributed by atoms with Gasteiger partial charge >= 0.3 is 5.97 Å². The third-order valence-corrected chi connectivity index (χ3v) is 3.08. The molecule has 0 spiro atoms. The summed E-state index contributed by atoms with van der Waals surface area (Å²) < 4.78 is 0. The highest BCUT2D eigenvalue weighted by molar-refractivity contribution is 5.86. The Hall–Kier alpha value is -1.10. The smallest absolute Gasteiger partial charge is 0.328 e. The summed E-state index contributed by atoms with van der Waals surface area (Å²) in [6.07, 6.45) is 2.50. The van der Waals surface area contributed by atoms with Crippen molar-refractivity contribution in [3.8, 4) is 0 Å². The second kappa shape index (κ2) is 4.82. The van der Waals surface area contributed by atoms with E-state index in [1.54, 1.807) is 0 Å². The summed E-state index contributed by atoms with van der Waals surface area (Å²) in [5, 5.41) is 11.4. The first-order valence-corrected chi connectivity index (χ1v) is 5.57. The highest BCUT2D eigenvalue weighted by Crippen LogP contribution is 2.18. The van der Waals surface area contributed by atoms with Gasteiger partial charge in [0.2, 0.25) is 5.91 Å². The van der Waals surface area contributed by atoms with Crippen molar-refractivity contribution in [2.24, 2.45) is 0 Å². The largest absolute Gasteiger partial charge is 0.480 e. The monoisotopic (exact) mass is 228 g/mol. The number of carbonyl (C=O) groups excluding carboxylic acids is 1.